The van der Waals surface area contributed by atoms with E-state index in [2.05, 4.69) is 15.8 Å². The van der Waals surface area contributed by atoms with E-state index in [1.807, 2.05) is 48.5 Å². The van der Waals surface area contributed by atoms with Gasteiger partial charge in [-0.2, -0.15) is 5.10 Å². The van der Waals surface area contributed by atoms with E-state index in [9.17, 15) is 14.4 Å². The summed E-state index contributed by atoms with van der Waals surface area (Å²) < 4.78 is 5.24. The normalized spacial score (nSPS) is 15.7. The minimum atomic E-state index is -0.352. The molecule has 8 nitrogen and oxygen atoms in total. The molecule has 0 aromatic heterocycles. The van der Waals surface area contributed by atoms with Gasteiger partial charge in [0.15, 0.2) is 0 Å². The highest BCUT2D eigenvalue weighted by molar-refractivity contribution is 6.35. The maximum absolute atomic E-state index is 13.1. The predicted molar refractivity (Wildman–Crippen MR) is 161 cm³/mol. The average molecular weight is 579 g/mol. The number of imide groups is 1. The van der Waals surface area contributed by atoms with Crippen molar-refractivity contribution >= 4 is 40.7 Å². The van der Waals surface area contributed by atoms with Crippen LogP contribution in [-0.4, -0.2) is 42.0 Å². The maximum Gasteiger partial charge on any atom is 0.261 e. The van der Waals surface area contributed by atoms with Crippen LogP contribution in [0, 0.1) is 0 Å². The molecule has 210 valence electrons. The zero-order valence-corrected chi connectivity index (χ0v) is 23.5. The highest BCUT2D eigenvalue weighted by Crippen LogP contribution is 2.28. The van der Waals surface area contributed by atoms with Gasteiger partial charge in [-0.15, -0.1) is 0 Å². The summed E-state index contributed by atoms with van der Waals surface area (Å²) in [5, 5.41) is 7.71. The van der Waals surface area contributed by atoms with E-state index >= 15 is 0 Å². The van der Waals surface area contributed by atoms with Gasteiger partial charge in [0, 0.05) is 18.7 Å². The van der Waals surface area contributed by atoms with Gasteiger partial charge >= 0.3 is 0 Å². The topological polar surface area (TPSA) is 100 Å². The number of halogens is 1. The molecular formula is C33H27ClN4O4. The minimum absolute atomic E-state index is 0.0803. The first-order valence-corrected chi connectivity index (χ1v) is 13.9. The van der Waals surface area contributed by atoms with Crippen molar-refractivity contribution in [2.24, 2.45) is 5.10 Å². The van der Waals surface area contributed by atoms with E-state index < -0.39 is 0 Å². The fraction of sp³-hybridized carbons (Fsp3) is 0.152. The van der Waals surface area contributed by atoms with Crippen molar-refractivity contribution in [3.05, 3.63) is 129 Å². The first-order valence-electron chi connectivity index (χ1n) is 13.5. The number of nitrogens with one attached hydrogen (secondary N) is 2. The van der Waals surface area contributed by atoms with Crippen molar-refractivity contribution in [2.75, 3.05) is 19.0 Å². The van der Waals surface area contributed by atoms with Gasteiger partial charge in [-0.25, -0.2) is 0 Å². The monoisotopic (exact) mass is 578 g/mol. The van der Waals surface area contributed by atoms with Gasteiger partial charge in [0.1, 0.15) is 5.75 Å². The Balaban J connectivity index is 1.08. The maximum atomic E-state index is 13.1. The van der Waals surface area contributed by atoms with Crippen LogP contribution in [0.4, 0.5) is 5.69 Å². The summed E-state index contributed by atoms with van der Waals surface area (Å²) in [5.41, 5.74) is 8.64. The number of carbonyl (C=O) groups excluding carboxylic acids is 3. The van der Waals surface area contributed by atoms with Crippen LogP contribution in [-0.2, 0) is 6.42 Å². The Hall–Kier alpha value is -4.95. The molecule has 4 aromatic rings. The Bertz CT molecular complexity index is 1680. The van der Waals surface area contributed by atoms with E-state index in [1.54, 1.807) is 49.6 Å². The lowest BCUT2D eigenvalue weighted by Gasteiger charge is -2.15. The standard InChI is InChI=1S/C33H27ClN4O4/c1-42-24-15-11-21(12-16-24)29-19-28(36-37-29)20-9-13-23(14-10-20)35-31(39)27-8-4-5-22(30(27)34)17-18-38-32(40)25-6-2-3-7-26(25)33(38)41/h2-16,29,37H,17-19H2,1H3,(H,35,39). The van der Waals surface area contributed by atoms with Crippen LogP contribution in [0.15, 0.2) is 96.1 Å². The molecule has 0 saturated carbocycles. The Morgan fingerprint density at radius 1 is 0.952 bits per heavy atom. The molecule has 0 aliphatic carbocycles. The van der Waals surface area contributed by atoms with Crippen molar-refractivity contribution in [2.45, 2.75) is 18.9 Å². The van der Waals surface area contributed by atoms with Crippen molar-refractivity contribution in [3.63, 3.8) is 0 Å². The number of fused-ring (bicyclic) bond motifs is 1. The highest BCUT2D eigenvalue weighted by atomic mass is 35.5. The van der Waals surface area contributed by atoms with Gasteiger partial charge < -0.3 is 15.5 Å². The van der Waals surface area contributed by atoms with Crippen LogP contribution >= 0.6 is 11.6 Å². The second kappa shape index (κ2) is 11.5. The van der Waals surface area contributed by atoms with Gasteiger partial charge in [0.25, 0.3) is 17.7 Å². The third-order valence-electron chi connectivity index (χ3n) is 7.55. The molecule has 0 fully saturated rings. The molecule has 0 radical (unpaired) electrons. The Labute approximate surface area is 248 Å². The largest absolute Gasteiger partial charge is 0.497 e. The first-order chi connectivity index (χ1) is 20.4. The van der Waals surface area contributed by atoms with Crippen LogP contribution in [0.2, 0.25) is 5.02 Å². The number of ether oxygens (including phenoxy) is 1. The van der Waals surface area contributed by atoms with E-state index in [0.29, 0.717) is 39.4 Å². The number of benzene rings is 4. The summed E-state index contributed by atoms with van der Waals surface area (Å²) in [6.07, 6.45) is 1.06. The number of hydrogen-bond acceptors (Lipinski definition) is 6. The van der Waals surface area contributed by atoms with Crippen molar-refractivity contribution in [1.82, 2.24) is 10.3 Å². The molecule has 4 aromatic carbocycles. The molecule has 2 aliphatic rings. The Morgan fingerprint density at radius 2 is 1.64 bits per heavy atom. The first kappa shape index (κ1) is 27.2. The van der Waals surface area contributed by atoms with Crippen molar-refractivity contribution in [3.8, 4) is 5.75 Å². The minimum Gasteiger partial charge on any atom is -0.497 e. The van der Waals surface area contributed by atoms with Gasteiger partial charge in [-0.05, 0) is 65.6 Å². The molecule has 0 saturated heterocycles. The lowest BCUT2D eigenvalue weighted by atomic mass is 9.99. The summed E-state index contributed by atoms with van der Waals surface area (Å²) >= 11 is 6.63. The number of nitrogens with zero attached hydrogens (tertiary/aromatic N) is 2. The van der Waals surface area contributed by atoms with Gasteiger partial charge in [0.05, 0.1) is 40.6 Å². The molecule has 2 N–H and O–H groups in total. The molecule has 0 spiro atoms. The molecule has 6 rings (SSSR count). The lowest BCUT2D eigenvalue weighted by molar-refractivity contribution is 0.0655. The zero-order chi connectivity index (χ0) is 29.2. The van der Waals surface area contributed by atoms with Crippen LogP contribution in [0.1, 0.15) is 60.2 Å². The second-order valence-electron chi connectivity index (χ2n) is 10.1. The number of rotatable bonds is 8. The van der Waals surface area contributed by atoms with E-state index in [-0.39, 0.29) is 30.3 Å². The highest BCUT2D eigenvalue weighted by Gasteiger charge is 2.34. The number of methoxy groups -OCH3 is 1. The Morgan fingerprint density at radius 3 is 2.31 bits per heavy atom. The predicted octanol–water partition coefficient (Wildman–Crippen LogP) is 5.88. The number of hydrazone groups is 1. The molecule has 9 heteroatoms. The summed E-state index contributed by atoms with van der Waals surface area (Å²) in [6.45, 7) is 0.163. The molecule has 1 unspecified atom stereocenters. The molecule has 3 amide bonds. The lowest BCUT2D eigenvalue weighted by Crippen LogP contribution is -2.31. The third-order valence-corrected chi connectivity index (χ3v) is 8.00. The summed E-state index contributed by atoms with van der Waals surface area (Å²) in [6, 6.07) is 27.5. The number of carbonyl (C=O) groups is 3. The summed E-state index contributed by atoms with van der Waals surface area (Å²) in [7, 11) is 1.64. The van der Waals surface area contributed by atoms with Crippen LogP contribution < -0.4 is 15.5 Å². The van der Waals surface area contributed by atoms with E-state index in [4.69, 9.17) is 16.3 Å². The third kappa shape index (κ3) is 5.24. The summed E-state index contributed by atoms with van der Waals surface area (Å²) in [4.78, 5) is 39.7. The second-order valence-corrected chi connectivity index (χ2v) is 10.5. The molecule has 1 atom stereocenters. The molecule has 2 aliphatic heterocycles. The van der Waals surface area contributed by atoms with Crippen LogP contribution in [0.3, 0.4) is 0 Å². The molecular weight excluding hydrogens is 552 g/mol. The average Bonchev–Trinajstić information content (AvgIpc) is 3.61. The van der Waals surface area contributed by atoms with Gasteiger partial charge in [0.2, 0.25) is 0 Å². The fourth-order valence-corrected chi connectivity index (χ4v) is 5.52. The van der Waals surface area contributed by atoms with Crippen LogP contribution in [0.25, 0.3) is 0 Å². The number of amides is 3. The smallest absolute Gasteiger partial charge is 0.261 e. The molecule has 0 bridgehead atoms. The zero-order valence-electron chi connectivity index (χ0n) is 22.8. The van der Waals surface area contributed by atoms with Crippen molar-refractivity contribution in [1.29, 1.82) is 0 Å². The Kier molecular flexibility index (Phi) is 7.46. The van der Waals surface area contributed by atoms with Gasteiger partial charge in [-0.1, -0.05) is 60.1 Å². The van der Waals surface area contributed by atoms with Crippen molar-refractivity contribution < 1.29 is 19.1 Å². The molecule has 42 heavy (non-hydrogen) atoms. The fourth-order valence-electron chi connectivity index (χ4n) is 5.22. The van der Waals surface area contributed by atoms with Gasteiger partial charge in [-0.3, -0.25) is 19.3 Å². The number of anilines is 1. The molecule has 2 heterocycles. The quantitative estimate of drug-likeness (QED) is 0.254. The van der Waals surface area contributed by atoms with Crippen LogP contribution in [0.5, 0.6) is 5.75 Å². The van der Waals surface area contributed by atoms with E-state index in [1.165, 1.54) is 4.90 Å². The number of hydrogen-bond donors (Lipinski definition) is 2. The van der Waals surface area contributed by atoms with E-state index in [0.717, 1.165) is 29.0 Å². The SMILES string of the molecule is COc1ccc(C2CC(c3ccc(NC(=O)c4cccc(CCN5C(=O)c6ccccc6C5=O)c4Cl)cc3)=NN2)cc1. The summed E-state index contributed by atoms with van der Waals surface area (Å²) in [5.74, 6) is -0.181.